The van der Waals surface area contributed by atoms with Crippen molar-refractivity contribution in [3.05, 3.63) is 29.8 Å². The summed E-state index contributed by atoms with van der Waals surface area (Å²) in [5.74, 6) is -0.855. The van der Waals surface area contributed by atoms with Gasteiger partial charge in [0.25, 0.3) is 0 Å². The van der Waals surface area contributed by atoms with Crippen molar-refractivity contribution in [1.82, 2.24) is 4.72 Å². The molecule has 2 N–H and O–H groups in total. The van der Waals surface area contributed by atoms with Gasteiger partial charge < -0.3 is 9.84 Å². The zero-order chi connectivity index (χ0) is 15.3. The summed E-state index contributed by atoms with van der Waals surface area (Å²) in [6.45, 7) is 4.96. The average molecular weight is 301 g/mol. The van der Waals surface area contributed by atoms with Crippen molar-refractivity contribution < 1.29 is 23.1 Å². The van der Waals surface area contributed by atoms with Crippen LogP contribution in [-0.2, 0) is 19.6 Å². The first-order valence-electron chi connectivity index (χ1n) is 6.21. The van der Waals surface area contributed by atoms with E-state index in [1.807, 2.05) is 6.92 Å². The van der Waals surface area contributed by atoms with Crippen molar-refractivity contribution in [2.45, 2.75) is 37.8 Å². The Balaban J connectivity index is 2.80. The molecule has 1 aromatic rings. The summed E-state index contributed by atoms with van der Waals surface area (Å²) in [4.78, 5) is 11.4. The summed E-state index contributed by atoms with van der Waals surface area (Å²) in [7, 11) is -3.79. The Morgan fingerprint density at radius 2 is 1.90 bits per heavy atom. The second-order valence-corrected chi connectivity index (χ2v) is 6.13. The number of esters is 1. The van der Waals surface area contributed by atoms with Crippen LogP contribution in [0.3, 0.4) is 0 Å². The topological polar surface area (TPSA) is 92.7 Å². The van der Waals surface area contributed by atoms with Crippen LogP contribution in [0.1, 0.15) is 19.4 Å². The molecule has 112 valence electrons. The number of carbonyl (C=O) groups is 1. The van der Waals surface area contributed by atoms with E-state index >= 15 is 0 Å². The van der Waals surface area contributed by atoms with E-state index in [1.54, 1.807) is 19.1 Å². The van der Waals surface area contributed by atoms with Gasteiger partial charge in [0.05, 0.1) is 17.5 Å². The number of carbonyl (C=O) groups excluding carboxylic acids is 1. The molecule has 0 unspecified atom stereocenters. The van der Waals surface area contributed by atoms with E-state index in [0.29, 0.717) is 0 Å². The summed E-state index contributed by atoms with van der Waals surface area (Å²) in [6, 6.07) is 5.27. The van der Waals surface area contributed by atoms with Crippen LogP contribution >= 0.6 is 0 Å². The molecule has 6 nitrogen and oxygen atoms in total. The first kappa shape index (κ1) is 16.6. The summed E-state index contributed by atoms with van der Waals surface area (Å²) in [5, 5.41) is 9.67. The lowest BCUT2D eigenvalue weighted by atomic mass is 10.2. The Bertz CT molecular complexity index is 553. The van der Waals surface area contributed by atoms with Crippen LogP contribution in [0.5, 0.6) is 0 Å². The van der Waals surface area contributed by atoms with Gasteiger partial charge in [-0.25, -0.2) is 17.9 Å². The van der Waals surface area contributed by atoms with Crippen molar-refractivity contribution >= 4 is 16.0 Å². The molecule has 0 saturated carbocycles. The Morgan fingerprint density at radius 1 is 1.35 bits per heavy atom. The third-order valence-corrected chi connectivity index (χ3v) is 4.25. The number of aliphatic hydroxyl groups excluding tert-OH is 1. The number of rotatable bonds is 6. The van der Waals surface area contributed by atoms with Gasteiger partial charge in [0.2, 0.25) is 10.0 Å². The molecule has 0 aromatic heterocycles. The first-order valence-corrected chi connectivity index (χ1v) is 7.70. The molecule has 0 heterocycles. The standard InChI is InChI=1S/C13H19NO5S/c1-4-19-13(16)12(15)10(3)14-20(17,18)11-7-5-9(2)6-8-11/h5-8,10,12,14-15H,4H2,1-3H3/t10-,12-/m0/s1. The van der Waals surface area contributed by atoms with Crippen LogP contribution in [-0.4, -0.2) is 38.2 Å². The number of hydrogen-bond acceptors (Lipinski definition) is 5. The molecule has 0 saturated heterocycles. The van der Waals surface area contributed by atoms with Gasteiger partial charge in [0, 0.05) is 0 Å². The van der Waals surface area contributed by atoms with Crippen LogP contribution in [0.2, 0.25) is 0 Å². The minimum Gasteiger partial charge on any atom is -0.464 e. The van der Waals surface area contributed by atoms with Crippen molar-refractivity contribution in [3.63, 3.8) is 0 Å². The fourth-order valence-corrected chi connectivity index (χ4v) is 2.78. The Hall–Kier alpha value is -1.44. The highest BCUT2D eigenvalue weighted by Gasteiger charge is 2.28. The number of aryl methyl sites for hydroxylation is 1. The second kappa shape index (κ2) is 6.83. The van der Waals surface area contributed by atoms with Gasteiger partial charge >= 0.3 is 5.97 Å². The smallest absolute Gasteiger partial charge is 0.336 e. The fourth-order valence-electron chi connectivity index (χ4n) is 1.53. The number of benzene rings is 1. The van der Waals surface area contributed by atoms with Gasteiger partial charge in [0.15, 0.2) is 6.10 Å². The predicted octanol–water partition coefficient (Wildman–Crippen LogP) is 0.586. The molecule has 0 bridgehead atoms. The van der Waals surface area contributed by atoms with Crippen LogP contribution in [0, 0.1) is 6.92 Å². The van der Waals surface area contributed by atoms with Crippen LogP contribution in [0.25, 0.3) is 0 Å². The van der Waals surface area contributed by atoms with Crippen LogP contribution < -0.4 is 4.72 Å². The van der Waals surface area contributed by atoms with Crippen molar-refractivity contribution in [3.8, 4) is 0 Å². The minimum atomic E-state index is -3.79. The molecule has 1 aromatic carbocycles. The third kappa shape index (κ3) is 4.29. The number of nitrogens with one attached hydrogen (secondary N) is 1. The molecule has 7 heteroatoms. The molecule has 0 radical (unpaired) electrons. The lowest BCUT2D eigenvalue weighted by molar-refractivity contribution is -0.154. The normalized spacial score (nSPS) is 14.6. The van der Waals surface area contributed by atoms with Gasteiger partial charge in [-0.05, 0) is 32.9 Å². The Kier molecular flexibility index (Phi) is 5.67. The van der Waals surface area contributed by atoms with E-state index in [-0.39, 0.29) is 11.5 Å². The largest absolute Gasteiger partial charge is 0.464 e. The van der Waals surface area contributed by atoms with Crippen LogP contribution in [0.4, 0.5) is 0 Å². The van der Waals surface area contributed by atoms with Gasteiger partial charge in [0.1, 0.15) is 0 Å². The van der Waals surface area contributed by atoms with Crippen molar-refractivity contribution in [1.29, 1.82) is 0 Å². The number of hydrogen-bond donors (Lipinski definition) is 2. The second-order valence-electron chi connectivity index (χ2n) is 4.42. The molecule has 0 aliphatic heterocycles. The number of aliphatic hydroxyl groups is 1. The molecule has 1 rings (SSSR count). The zero-order valence-corrected chi connectivity index (χ0v) is 12.5. The highest BCUT2D eigenvalue weighted by Crippen LogP contribution is 2.11. The fraction of sp³-hybridized carbons (Fsp3) is 0.462. The SMILES string of the molecule is CCOC(=O)[C@@H](O)[C@H](C)NS(=O)(=O)c1ccc(C)cc1. The van der Waals surface area contributed by atoms with E-state index in [0.717, 1.165) is 5.56 Å². The zero-order valence-electron chi connectivity index (χ0n) is 11.7. The number of ether oxygens (including phenoxy) is 1. The molecular weight excluding hydrogens is 282 g/mol. The summed E-state index contributed by atoms with van der Waals surface area (Å²) in [5.41, 5.74) is 0.934. The number of sulfonamides is 1. The molecular formula is C13H19NO5S. The van der Waals surface area contributed by atoms with Gasteiger partial charge in [-0.2, -0.15) is 0 Å². The molecule has 0 amide bonds. The van der Waals surface area contributed by atoms with Crippen LogP contribution in [0.15, 0.2) is 29.2 Å². The maximum Gasteiger partial charge on any atom is 0.336 e. The predicted molar refractivity (Wildman–Crippen MR) is 73.6 cm³/mol. The van der Waals surface area contributed by atoms with Crippen molar-refractivity contribution in [2.24, 2.45) is 0 Å². The van der Waals surface area contributed by atoms with E-state index in [2.05, 4.69) is 9.46 Å². The molecule has 0 aliphatic rings. The molecule has 20 heavy (non-hydrogen) atoms. The first-order chi connectivity index (χ1) is 9.27. The van der Waals surface area contributed by atoms with E-state index < -0.39 is 28.1 Å². The summed E-state index contributed by atoms with van der Waals surface area (Å²) >= 11 is 0. The Labute approximate surface area is 118 Å². The molecule has 2 atom stereocenters. The third-order valence-electron chi connectivity index (χ3n) is 2.67. The lowest BCUT2D eigenvalue weighted by Crippen LogP contribution is -2.45. The minimum absolute atomic E-state index is 0.0750. The van der Waals surface area contributed by atoms with Gasteiger partial charge in [-0.3, -0.25) is 0 Å². The maximum absolute atomic E-state index is 12.1. The average Bonchev–Trinajstić information content (AvgIpc) is 2.38. The monoisotopic (exact) mass is 301 g/mol. The highest BCUT2D eigenvalue weighted by molar-refractivity contribution is 7.89. The quantitative estimate of drug-likeness (QED) is 0.750. The highest BCUT2D eigenvalue weighted by atomic mass is 32.2. The molecule has 0 spiro atoms. The van der Waals surface area contributed by atoms with E-state index in [1.165, 1.54) is 19.1 Å². The maximum atomic E-state index is 12.1. The van der Waals surface area contributed by atoms with Gasteiger partial charge in [-0.15, -0.1) is 0 Å². The van der Waals surface area contributed by atoms with Crippen molar-refractivity contribution in [2.75, 3.05) is 6.61 Å². The van der Waals surface area contributed by atoms with E-state index in [4.69, 9.17) is 0 Å². The molecule has 0 fully saturated rings. The Morgan fingerprint density at radius 3 is 2.40 bits per heavy atom. The molecule has 0 aliphatic carbocycles. The van der Waals surface area contributed by atoms with E-state index in [9.17, 15) is 18.3 Å². The van der Waals surface area contributed by atoms with Gasteiger partial charge in [-0.1, -0.05) is 17.7 Å². The lowest BCUT2D eigenvalue weighted by Gasteiger charge is -2.18. The summed E-state index contributed by atoms with van der Waals surface area (Å²) in [6.07, 6.45) is -1.55. The summed E-state index contributed by atoms with van der Waals surface area (Å²) < 4.78 is 31.0.